The number of hydrogen-bond donors (Lipinski definition) is 0. The summed E-state index contributed by atoms with van der Waals surface area (Å²) in [6.07, 6.45) is 2.51. The van der Waals surface area contributed by atoms with Crippen LogP contribution < -0.4 is 5.56 Å². The van der Waals surface area contributed by atoms with E-state index in [-0.39, 0.29) is 12.1 Å². The zero-order valence-corrected chi connectivity index (χ0v) is 12.2. The van der Waals surface area contributed by atoms with Gasteiger partial charge in [-0.05, 0) is 24.6 Å². The van der Waals surface area contributed by atoms with Crippen LogP contribution in [0.25, 0.3) is 21.7 Å². The third-order valence-electron chi connectivity index (χ3n) is 3.17. The van der Waals surface area contributed by atoms with Gasteiger partial charge >= 0.3 is 0 Å². The fraction of sp³-hybridized carbons (Fsp3) is 0.200. The van der Waals surface area contributed by atoms with Gasteiger partial charge in [-0.15, -0.1) is 11.3 Å². The summed E-state index contributed by atoms with van der Waals surface area (Å²) >= 11 is 1.51. The normalized spacial score (nSPS) is 10.7. The number of hydrogen-bond acceptors (Lipinski definition) is 5. The summed E-state index contributed by atoms with van der Waals surface area (Å²) in [5, 5.41) is 9.56. The van der Waals surface area contributed by atoms with Crippen molar-refractivity contribution in [1.29, 1.82) is 5.26 Å². The third-order valence-corrected chi connectivity index (χ3v) is 4.35. The van der Waals surface area contributed by atoms with E-state index in [2.05, 4.69) is 9.97 Å². The third kappa shape index (κ3) is 2.32. The van der Waals surface area contributed by atoms with Crippen LogP contribution in [0.4, 0.5) is 0 Å². The lowest BCUT2D eigenvalue weighted by atomic mass is 10.3. The van der Waals surface area contributed by atoms with Gasteiger partial charge in [0.2, 0.25) is 0 Å². The molecule has 5 nitrogen and oxygen atoms in total. The Bertz CT molecular complexity index is 890. The lowest BCUT2D eigenvalue weighted by molar-refractivity contribution is 0.784. The molecule has 0 fully saturated rings. The van der Waals surface area contributed by atoms with E-state index in [1.54, 1.807) is 18.3 Å². The van der Waals surface area contributed by atoms with Crippen molar-refractivity contribution in [3.63, 3.8) is 0 Å². The molecule has 0 amide bonds. The maximum absolute atomic E-state index is 12.6. The Morgan fingerprint density at radius 2 is 2.29 bits per heavy atom. The molecule has 0 aliphatic heterocycles. The van der Waals surface area contributed by atoms with E-state index in [1.807, 2.05) is 25.1 Å². The van der Waals surface area contributed by atoms with Crippen molar-refractivity contribution in [1.82, 2.24) is 14.5 Å². The number of thiophene rings is 1. The Labute approximate surface area is 125 Å². The number of rotatable bonds is 3. The molecule has 0 N–H and O–H groups in total. The molecule has 0 saturated heterocycles. The fourth-order valence-corrected chi connectivity index (χ4v) is 3.11. The second-order valence-corrected chi connectivity index (χ2v) is 5.60. The molecule has 0 bridgehead atoms. The summed E-state index contributed by atoms with van der Waals surface area (Å²) in [6, 6.07) is 9.31. The number of nitrogens with zero attached hydrogens (tertiary/aromatic N) is 4. The Kier molecular flexibility index (Phi) is 3.50. The molecular formula is C15H12N4OS. The molecule has 3 aromatic heterocycles. The van der Waals surface area contributed by atoms with Crippen LogP contribution in [0.2, 0.25) is 0 Å². The molecule has 21 heavy (non-hydrogen) atoms. The summed E-state index contributed by atoms with van der Waals surface area (Å²) in [7, 11) is 0. The summed E-state index contributed by atoms with van der Waals surface area (Å²) in [5.41, 5.74) is 0.413. The van der Waals surface area contributed by atoms with Crippen LogP contribution in [-0.2, 0) is 13.0 Å². The van der Waals surface area contributed by atoms with Crippen LogP contribution in [0, 0.1) is 11.3 Å². The minimum atomic E-state index is -0.182. The monoisotopic (exact) mass is 296 g/mol. The first-order valence-corrected chi connectivity index (χ1v) is 7.38. The number of nitriles is 1. The SMILES string of the molecule is CCc1cc2c(=O)n(CC#N)c(-c3ccccn3)nc2s1. The van der Waals surface area contributed by atoms with E-state index in [0.717, 1.165) is 11.3 Å². The van der Waals surface area contributed by atoms with E-state index in [1.165, 1.54) is 15.9 Å². The van der Waals surface area contributed by atoms with Gasteiger partial charge in [-0.3, -0.25) is 14.3 Å². The molecule has 0 atom stereocenters. The van der Waals surface area contributed by atoms with Crippen LogP contribution in [0.15, 0.2) is 35.3 Å². The highest BCUT2D eigenvalue weighted by atomic mass is 32.1. The van der Waals surface area contributed by atoms with Crippen LogP contribution in [0.3, 0.4) is 0 Å². The second kappa shape index (κ2) is 5.46. The summed E-state index contributed by atoms with van der Waals surface area (Å²) < 4.78 is 1.39. The summed E-state index contributed by atoms with van der Waals surface area (Å²) in [5.74, 6) is 0.444. The standard InChI is InChI=1S/C15H12N4OS/c1-2-10-9-11-14(21-10)18-13(12-5-3-4-7-17-12)19(8-6-16)15(11)20/h3-5,7,9H,2,8H2,1H3. The molecule has 0 aliphatic carbocycles. The maximum Gasteiger partial charge on any atom is 0.263 e. The molecular weight excluding hydrogens is 284 g/mol. The van der Waals surface area contributed by atoms with Crippen molar-refractivity contribution in [2.45, 2.75) is 19.9 Å². The fourth-order valence-electron chi connectivity index (χ4n) is 2.15. The van der Waals surface area contributed by atoms with E-state index >= 15 is 0 Å². The number of aryl methyl sites for hydroxylation is 1. The van der Waals surface area contributed by atoms with E-state index in [9.17, 15) is 4.79 Å². The van der Waals surface area contributed by atoms with Crippen LogP contribution in [-0.4, -0.2) is 14.5 Å². The first-order valence-electron chi connectivity index (χ1n) is 6.56. The molecule has 0 saturated carbocycles. The van der Waals surface area contributed by atoms with Gasteiger partial charge in [-0.2, -0.15) is 5.26 Å². The van der Waals surface area contributed by atoms with Crippen molar-refractivity contribution in [2.24, 2.45) is 0 Å². The van der Waals surface area contributed by atoms with Crippen molar-refractivity contribution >= 4 is 21.6 Å². The smallest absolute Gasteiger partial charge is 0.263 e. The van der Waals surface area contributed by atoms with Gasteiger partial charge in [-0.25, -0.2) is 4.98 Å². The second-order valence-electron chi connectivity index (χ2n) is 4.48. The van der Waals surface area contributed by atoms with Crippen molar-refractivity contribution in [3.8, 4) is 17.6 Å². The lowest BCUT2D eigenvalue weighted by Gasteiger charge is -2.08. The lowest BCUT2D eigenvalue weighted by Crippen LogP contribution is -2.22. The van der Waals surface area contributed by atoms with Gasteiger partial charge < -0.3 is 0 Å². The highest BCUT2D eigenvalue weighted by molar-refractivity contribution is 7.18. The zero-order chi connectivity index (χ0) is 14.8. The highest BCUT2D eigenvalue weighted by Crippen LogP contribution is 2.24. The van der Waals surface area contributed by atoms with Crippen molar-refractivity contribution in [2.75, 3.05) is 0 Å². The van der Waals surface area contributed by atoms with Crippen LogP contribution in [0.5, 0.6) is 0 Å². The first-order chi connectivity index (χ1) is 10.2. The van der Waals surface area contributed by atoms with Gasteiger partial charge in [0.25, 0.3) is 5.56 Å². The Morgan fingerprint density at radius 1 is 1.43 bits per heavy atom. The van der Waals surface area contributed by atoms with Crippen molar-refractivity contribution in [3.05, 3.63) is 45.7 Å². The maximum atomic E-state index is 12.6. The predicted octanol–water partition coefficient (Wildman–Crippen LogP) is 2.61. The van der Waals surface area contributed by atoms with Gasteiger partial charge in [0.15, 0.2) is 5.82 Å². The van der Waals surface area contributed by atoms with Gasteiger partial charge in [-0.1, -0.05) is 13.0 Å². The Balaban J connectivity index is 2.35. The minimum absolute atomic E-state index is 0.0367. The van der Waals surface area contributed by atoms with Crippen LogP contribution in [0.1, 0.15) is 11.8 Å². The first kappa shape index (κ1) is 13.5. The van der Waals surface area contributed by atoms with Gasteiger partial charge in [0, 0.05) is 11.1 Å². The molecule has 3 heterocycles. The average Bonchev–Trinajstić information content (AvgIpc) is 2.94. The van der Waals surface area contributed by atoms with E-state index in [0.29, 0.717) is 21.7 Å². The van der Waals surface area contributed by atoms with Crippen LogP contribution >= 0.6 is 11.3 Å². The van der Waals surface area contributed by atoms with E-state index < -0.39 is 0 Å². The van der Waals surface area contributed by atoms with E-state index in [4.69, 9.17) is 5.26 Å². The molecule has 0 spiro atoms. The number of pyridine rings is 1. The zero-order valence-electron chi connectivity index (χ0n) is 11.4. The molecule has 0 aliphatic rings. The number of aromatic nitrogens is 3. The molecule has 3 aromatic rings. The molecule has 0 aromatic carbocycles. The topological polar surface area (TPSA) is 71.6 Å². The molecule has 6 heteroatoms. The largest absolute Gasteiger partial charge is 0.277 e. The molecule has 0 unspecified atom stereocenters. The Hall–Kier alpha value is -2.52. The number of fused-ring (bicyclic) bond motifs is 1. The van der Waals surface area contributed by atoms with Gasteiger partial charge in [0.05, 0.1) is 11.5 Å². The van der Waals surface area contributed by atoms with Gasteiger partial charge in [0.1, 0.15) is 17.1 Å². The summed E-state index contributed by atoms with van der Waals surface area (Å²) in [4.78, 5) is 23.2. The Morgan fingerprint density at radius 3 is 2.95 bits per heavy atom. The molecule has 104 valence electrons. The average molecular weight is 296 g/mol. The molecule has 3 rings (SSSR count). The predicted molar refractivity (Wildman–Crippen MR) is 82.1 cm³/mol. The highest BCUT2D eigenvalue weighted by Gasteiger charge is 2.15. The molecule has 0 radical (unpaired) electrons. The van der Waals surface area contributed by atoms with Crippen molar-refractivity contribution < 1.29 is 0 Å². The minimum Gasteiger partial charge on any atom is -0.277 e. The quantitative estimate of drug-likeness (QED) is 0.744. The summed E-state index contributed by atoms with van der Waals surface area (Å²) in [6.45, 7) is 2.00.